The first-order valence-corrected chi connectivity index (χ1v) is 6.95. The van der Waals surface area contributed by atoms with Crippen molar-refractivity contribution in [3.63, 3.8) is 0 Å². The number of aromatic carboxylic acids is 1. The van der Waals surface area contributed by atoms with Crippen LogP contribution in [0.4, 0.5) is 0 Å². The number of aromatic hydroxyl groups is 2. The van der Waals surface area contributed by atoms with E-state index in [2.05, 4.69) is 0 Å². The van der Waals surface area contributed by atoms with Gasteiger partial charge < -0.3 is 20.1 Å². The Morgan fingerprint density at radius 1 is 1.00 bits per heavy atom. The highest BCUT2D eigenvalue weighted by Crippen LogP contribution is 2.44. The molecule has 0 spiro atoms. The van der Waals surface area contributed by atoms with Gasteiger partial charge in [-0.05, 0) is 19.8 Å². The molecule has 0 saturated carbocycles. The lowest BCUT2D eigenvalue weighted by molar-refractivity contribution is 0.0688. The molecule has 20 heavy (non-hydrogen) atoms. The second-order valence-electron chi connectivity index (χ2n) is 4.60. The number of rotatable bonds is 7. The van der Waals surface area contributed by atoms with Gasteiger partial charge in [0.2, 0.25) is 0 Å². The van der Waals surface area contributed by atoms with Gasteiger partial charge in [0.05, 0.1) is 6.61 Å². The third-order valence-electron chi connectivity index (χ3n) is 3.11. The first-order valence-electron chi connectivity index (χ1n) is 6.95. The third kappa shape index (κ3) is 2.98. The summed E-state index contributed by atoms with van der Waals surface area (Å²) in [6.45, 7) is 5.98. The number of hydrogen-bond donors (Lipinski definition) is 3. The highest BCUT2D eigenvalue weighted by atomic mass is 16.5. The minimum absolute atomic E-state index is 0.181. The summed E-state index contributed by atoms with van der Waals surface area (Å²) in [6.07, 6.45) is 2.73. The Kier molecular flexibility index (Phi) is 5.67. The number of ether oxygens (including phenoxy) is 1. The van der Waals surface area contributed by atoms with E-state index in [0.29, 0.717) is 30.6 Å². The molecular weight excluding hydrogens is 260 g/mol. The van der Waals surface area contributed by atoms with Crippen molar-refractivity contribution in [2.24, 2.45) is 0 Å². The molecule has 0 aliphatic heterocycles. The monoisotopic (exact) mass is 282 g/mol. The summed E-state index contributed by atoms with van der Waals surface area (Å²) in [5.41, 5.74) is 0.914. The molecule has 0 saturated heterocycles. The Hall–Kier alpha value is -1.91. The van der Waals surface area contributed by atoms with E-state index in [1.807, 2.05) is 13.8 Å². The van der Waals surface area contributed by atoms with Crippen molar-refractivity contribution in [2.45, 2.75) is 46.5 Å². The van der Waals surface area contributed by atoms with Gasteiger partial charge in [-0.3, -0.25) is 0 Å². The van der Waals surface area contributed by atoms with E-state index in [4.69, 9.17) is 4.74 Å². The van der Waals surface area contributed by atoms with Crippen LogP contribution >= 0.6 is 0 Å². The Labute approximate surface area is 118 Å². The van der Waals surface area contributed by atoms with Crippen molar-refractivity contribution >= 4 is 5.97 Å². The van der Waals surface area contributed by atoms with Crippen molar-refractivity contribution in [2.75, 3.05) is 6.61 Å². The van der Waals surface area contributed by atoms with Crippen molar-refractivity contribution in [1.29, 1.82) is 0 Å². The zero-order valence-electron chi connectivity index (χ0n) is 12.2. The second kappa shape index (κ2) is 7.03. The first-order chi connectivity index (χ1) is 9.49. The molecule has 1 aromatic rings. The minimum atomic E-state index is -1.30. The van der Waals surface area contributed by atoms with Crippen molar-refractivity contribution < 1.29 is 24.9 Å². The zero-order valence-corrected chi connectivity index (χ0v) is 12.2. The average molecular weight is 282 g/mol. The predicted octanol–water partition coefficient (Wildman–Crippen LogP) is 3.10. The van der Waals surface area contributed by atoms with Crippen LogP contribution in [0.1, 0.15) is 55.1 Å². The summed E-state index contributed by atoms with van der Waals surface area (Å²) in [7, 11) is 0. The van der Waals surface area contributed by atoms with Crippen LogP contribution in [0.5, 0.6) is 17.2 Å². The lowest BCUT2D eigenvalue weighted by Gasteiger charge is -2.19. The molecule has 0 aliphatic carbocycles. The van der Waals surface area contributed by atoms with Crippen LogP contribution in [0.25, 0.3) is 0 Å². The lowest BCUT2D eigenvalue weighted by atomic mass is 9.93. The molecule has 0 aromatic heterocycles. The summed E-state index contributed by atoms with van der Waals surface area (Å²) in [6, 6.07) is 0. The summed E-state index contributed by atoms with van der Waals surface area (Å²) in [5, 5.41) is 29.3. The van der Waals surface area contributed by atoms with Gasteiger partial charge in [-0.1, -0.05) is 26.7 Å². The number of carboxylic acids is 1. The largest absolute Gasteiger partial charge is 0.504 e. The normalized spacial score (nSPS) is 10.6. The van der Waals surface area contributed by atoms with E-state index in [1.165, 1.54) is 0 Å². The van der Waals surface area contributed by atoms with E-state index >= 15 is 0 Å². The maximum atomic E-state index is 11.3. The van der Waals surface area contributed by atoms with E-state index in [1.54, 1.807) is 6.92 Å². The van der Waals surface area contributed by atoms with Gasteiger partial charge in [-0.25, -0.2) is 4.79 Å². The zero-order chi connectivity index (χ0) is 15.3. The van der Waals surface area contributed by atoms with Crippen molar-refractivity contribution in [1.82, 2.24) is 0 Å². The van der Waals surface area contributed by atoms with Crippen molar-refractivity contribution in [3.8, 4) is 17.2 Å². The summed E-state index contributed by atoms with van der Waals surface area (Å²) < 4.78 is 5.45. The smallest absolute Gasteiger partial charge is 0.343 e. The van der Waals surface area contributed by atoms with Crippen LogP contribution < -0.4 is 4.74 Å². The van der Waals surface area contributed by atoms with Gasteiger partial charge in [0.25, 0.3) is 0 Å². The predicted molar refractivity (Wildman–Crippen MR) is 75.9 cm³/mol. The number of benzene rings is 1. The molecule has 0 bridgehead atoms. The molecular formula is C15H22O5. The molecule has 0 atom stereocenters. The number of phenolic OH excluding ortho intramolecular Hbond substituents is 1. The first kappa shape index (κ1) is 16.1. The topological polar surface area (TPSA) is 87.0 Å². The third-order valence-corrected chi connectivity index (χ3v) is 3.11. The quantitative estimate of drug-likeness (QED) is 0.669. The van der Waals surface area contributed by atoms with Gasteiger partial charge in [0.1, 0.15) is 11.3 Å². The van der Waals surface area contributed by atoms with E-state index in [0.717, 1.165) is 12.8 Å². The standard InChI is InChI=1S/C15H22O5/c1-4-7-9-10(8-5-2)14(20-6-3)11(15(18)19)13(17)12(9)16/h16-17H,4-8H2,1-3H3,(H,18,19). The van der Waals surface area contributed by atoms with Gasteiger partial charge in [-0.2, -0.15) is 0 Å². The SMILES string of the molecule is CCCc1c(O)c(O)c(C(=O)O)c(OCC)c1CCC. The van der Waals surface area contributed by atoms with Crippen LogP contribution in [0.15, 0.2) is 0 Å². The minimum Gasteiger partial charge on any atom is -0.504 e. The fourth-order valence-electron chi connectivity index (χ4n) is 2.34. The molecule has 0 heterocycles. The van der Waals surface area contributed by atoms with Crippen LogP contribution in [-0.2, 0) is 12.8 Å². The molecule has 5 heteroatoms. The van der Waals surface area contributed by atoms with Crippen molar-refractivity contribution in [3.05, 3.63) is 16.7 Å². The molecule has 1 aromatic carbocycles. The Balaban J connectivity index is 3.66. The van der Waals surface area contributed by atoms with Gasteiger partial charge in [-0.15, -0.1) is 0 Å². The number of carbonyl (C=O) groups is 1. The van der Waals surface area contributed by atoms with E-state index in [9.17, 15) is 20.1 Å². The second-order valence-corrected chi connectivity index (χ2v) is 4.60. The fraction of sp³-hybridized carbons (Fsp3) is 0.533. The van der Waals surface area contributed by atoms with Gasteiger partial charge in [0.15, 0.2) is 11.5 Å². The summed E-state index contributed by atoms with van der Waals surface area (Å²) >= 11 is 0. The Morgan fingerprint density at radius 2 is 1.55 bits per heavy atom. The lowest BCUT2D eigenvalue weighted by Crippen LogP contribution is -2.09. The molecule has 1 rings (SSSR count). The van der Waals surface area contributed by atoms with E-state index < -0.39 is 11.7 Å². The molecule has 0 aliphatic rings. The molecule has 5 nitrogen and oxygen atoms in total. The van der Waals surface area contributed by atoms with Crippen LogP contribution in [-0.4, -0.2) is 27.9 Å². The summed E-state index contributed by atoms with van der Waals surface area (Å²) in [5.74, 6) is -2.07. The van der Waals surface area contributed by atoms with Crippen LogP contribution in [0.2, 0.25) is 0 Å². The molecule has 0 radical (unpaired) electrons. The molecule has 0 amide bonds. The summed E-state index contributed by atoms with van der Waals surface area (Å²) in [4.78, 5) is 11.3. The molecule has 112 valence electrons. The number of hydrogen-bond acceptors (Lipinski definition) is 4. The van der Waals surface area contributed by atoms with E-state index in [-0.39, 0.29) is 17.1 Å². The maximum absolute atomic E-state index is 11.3. The Bertz CT molecular complexity index is 494. The van der Waals surface area contributed by atoms with Gasteiger partial charge >= 0.3 is 5.97 Å². The fourth-order valence-corrected chi connectivity index (χ4v) is 2.34. The van der Waals surface area contributed by atoms with Gasteiger partial charge in [0, 0.05) is 11.1 Å². The highest BCUT2D eigenvalue weighted by molar-refractivity contribution is 5.96. The Morgan fingerprint density at radius 3 is 2.00 bits per heavy atom. The maximum Gasteiger partial charge on any atom is 0.343 e. The number of phenols is 2. The number of carboxylic acid groups (broad SMARTS) is 1. The average Bonchev–Trinajstić information content (AvgIpc) is 2.39. The molecule has 0 fully saturated rings. The molecule has 3 N–H and O–H groups in total. The van der Waals surface area contributed by atoms with Crippen LogP contribution in [0, 0.1) is 0 Å². The van der Waals surface area contributed by atoms with Crippen LogP contribution in [0.3, 0.4) is 0 Å². The molecule has 0 unspecified atom stereocenters. The highest BCUT2D eigenvalue weighted by Gasteiger charge is 2.27.